The fourth-order valence-electron chi connectivity index (χ4n) is 2.18. The van der Waals surface area contributed by atoms with E-state index < -0.39 is 0 Å². The van der Waals surface area contributed by atoms with Gasteiger partial charge in [0.2, 0.25) is 11.8 Å². The Balaban J connectivity index is 1.92. The van der Waals surface area contributed by atoms with E-state index in [1.54, 1.807) is 4.90 Å². The van der Waals surface area contributed by atoms with Crippen molar-refractivity contribution in [2.24, 2.45) is 0 Å². The molecule has 0 heterocycles. The number of amides is 2. The van der Waals surface area contributed by atoms with E-state index in [-0.39, 0.29) is 18.4 Å². The molecule has 2 amide bonds. The first-order valence-electron chi connectivity index (χ1n) is 7.40. The van der Waals surface area contributed by atoms with Crippen molar-refractivity contribution in [2.45, 2.75) is 13.3 Å². The van der Waals surface area contributed by atoms with Crippen molar-refractivity contribution < 1.29 is 9.59 Å². The van der Waals surface area contributed by atoms with Crippen LogP contribution < -0.4 is 5.32 Å². The zero-order valence-electron chi connectivity index (χ0n) is 13.0. The van der Waals surface area contributed by atoms with Gasteiger partial charge in [-0.15, -0.1) is 0 Å². The van der Waals surface area contributed by atoms with Crippen molar-refractivity contribution in [3.63, 3.8) is 0 Å². The maximum Gasteiger partial charge on any atom is 0.244 e. The fraction of sp³-hybridized carbons (Fsp3) is 0.222. The van der Waals surface area contributed by atoms with E-state index in [0.29, 0.717) is 12.2 Å². The monoisotopic (exact) mass is 374 g/mol. The smallest absolute Gasteiger partial charge is 0.244 e. The van der Waals surface area contributed by atoms with Crippen LogP contribution in [0.5, 0.6) is 0 Å². The molecule has 1 N–H and O–H groups in total. The van der Waals surface area contributed by atoms with E-state index in [4.69, 9.17) is 0 Å². The van der Waals surface area contributed by atoms with Gasteiger partial charge in [-0.05, 0) is 40.0 Å². The number of nitrogens with zero attached hydrogens (tertiary/aromatic N) is 1. The maximum atomic E-state index is 12.2. The molecule has 0 atom stereocenters. The molecule has 0 saturated carbocycles. The summed E-state index contributed by atoms with van der Waals surface area (Å²) in [5.41, 5.74) is 1.84. The minimum atomic E-state index is -0.208. The summed E-state index contributed by atoms with van der Waals surface area (Å²) in [5, 5.41) is 2.81. The van der Waals surface area contributed by atoms with Crippen molar-refractivity contribution in [3.8, 4) is 0 Å². The molecule has 2 rings (SSSR count). The molecule has 23 heavy (non-hydrogen) atoms. The number of hydrogen-bond donors (Lipinski definition) is 1. The molecule has 0 unspecified atom stereocenters. The molecule has 0 spiro atoms. The zero-order valence-corrected chi connectivity index (χ0v) is 14.5. The molecular formula is C18H19BrN2O2. The lowest BCUT2D eigenvalue weighted by atomic mass is 10.1. The summed E-state index contributed by atoms with van der Waals surface area (Å²) in [6, 6.07) is 17.3. The van der Waals surface area contributed by atoms with Gasteiger partial charge in [-0.25, -0.2) is 0 Å². The van der Waals surface area contributed by atoms with Crippen LogP contribution in [-0.4, -0.2) is 29.8 Å². The van der Waals surface area contributed by atoms with Crippen molar-refractivity contribution in [1.29, 1.82) is 0 Å². The maximum absolute atomic E-state index is 12.2. The predicted octanol–water partition coefficient (Wildman–Crippen LogP) is 3.48. The second kappa shape index (κ2) is 8.48. The van der Waals surface area contributed by atoms with Gasteiger partial charge < -0.3 is 10.2 Å². The van der Waals surface area contributed by atoms with Crippen molar-refractivity contribution >= 4 is 33.4 Å². The van der Waals surface area contributed by atoms with Gasteiger partial charge in [0.15, 0.2) is 0 Å². The van der Waals surface area contributed by atoms with Crippen LogP contribution >= 0.6 is 15.9 Å². The summed E-state index contributed by atoms with van der Waals surface area (Å²) in [7, 11) is 0. The number of anilines is 1. The molecule has 2 aromatic carbocycles. The SMILES string of the molecule is CC(=O)N(CCc1ccccc1)CC(=O)Nc1ccccc1Br. The number of nitrogens with one attached hydrogen (secondary N) is 1. The van der Waals surface area contributed by atoms with Crippen LogP contribution in [0.1, 0.15) is 12.5 Å². The van der Waals surface area contributed by atoms with E-state index in [1.807, 2.05) is 54.6 Å². The highest BCUT2D eigenvalue weighted by atomic mass is 79.9. The number of para-hydroxylation sites is 1. The Hall–Kier alpha value is -2.14. The molecule has 0 aliphatic carbocycles. The fourth-order valence-corrected chi connectivity index (χ4v) is 2.57. The molecule has 2 aromatic rings. The van der Waals surface area contributed by atoms with E-state index in [2.05, 4.69) is 21.2 Å². The second-order valence-electron chi connectivity index (χ2n) is 5.20. The molecule has 0 bridgehead atoms. The third-order valence-corrected chi connectivity index (χ3v) is 4.13. The molecule has 120 valence electrons. The van der Waals surface area contributed by atoms with Gasteiger partial charge in [0.25, 0.3) is 0 Å². The minimum absolute atomic E-state index is 0.0451. The number of carbonyl (C=O) groups is 2. The number of rotatable bonds is 6. The molecule has 0 aliphatic heterocycles. The summed E-state index contributed by atoms with van der Waals surface area (Å²) in [6.45, 7) is 2.04. The second-order valence-corrected chi connectivity index (χ2v) is 6.06. The Bertz CT molecular complexity index is 674. The quantitative estimate of drug-likeness (QED) is 0.841. The topological polar surface area (TPSA) is 49.4 Å². The van der Waals surface area contributed by atoms with Crippen LogP contribution in [0.4, 0.5) is 5.69 Å². The average molecular weight is 375 g/mol. The van der Waals surface area contributed by atoms with Gasteiger partial charge in [0.1, 0.15) is 0 Å². The Morgan fingerprint density at radius 1 is 1.04 bits per heavy atom. The minimum Gasteiger partial charge on any atom is -0.333 e. The third-order valence-electron chi connectivity index (χ3n) is 3.44. The Morgan fingerprint density at radius 2 is 1.70 bits per heavy atom. The first-order valence-corrected chi connectivity index (χ1v) is 8.19. The summed E-state index contributed by atoms with van der Waals surface area (Å²) in [6.07, 6.45) is 0.725. The zero-order chi connectivity index (χ0) is 16.7. The van der Waals surface area contributed by atoms with Crippen LogP contribution in [0.3, 0.4) is 0 Å². The predicted molar refractivity (Wildman–Crippen MR) is 95.2 cm³/mol. The molecule has 0 aliphatic rings. The number of carbonyl (C=O) groups excluding carboxylic acids is 2. The Morgan fingerprint density at radius 3 is 2.35 bits per heavy atom. The van der Waals surface area contributed by atoms with E-state index in [9.17, 15) is 9.59 Å². The van der Waals surface area contributed by atoms with Gasteiger partial charge in [-0.1, -0.05) is 42.5 Å². The van der Waals surface area contributed by atoms with Crippen LogP contribution in [0.15, 0.2) is 59.1 Å². The van der Waals surface area contributed by atoms with Gasteiger partial charge in [-0.3, -0.25) is 9.59 Å². The molecule has 0 saturated heterocycles. The highest BCUT2D eigenvalue weighted by molar-refractivity contribution is 9.10. The largest absolute Gasteiger partial charge is 0.333 e. The number of benzene rings is 2. The Kier molecular flexibility index (Phi) is 6.35. The standard InChI is InChI=1S/C18H19BrN2O2/c1-14(22)21(12-11-15-7-3-2-4-8-15)13-18(23)20-17-10-6-5-9-16(17)19/h2-10H,11-13H2,1H3,(H,20,23). The van der Waals surface area contributed by atoms with Crippen LogP contribution in [0, 0.1) is 0 Å². The number of hydrogen-bond acceptors (Lipinski definition) is 2. The van der Waals surface area contributed by atoms with E-state index in [0.717, 1.165) is 16.5 Å². The van der Waals surface area contributed by atoms with E-state index in [1.165, 1.54) is 6.92 Å². The first-order chi connectivity index (χ1) is 11.1. The molecule has 0 aromatic heterocycles. The van der Waals surface area contributed by atoms with Gasteiger partial charge in [0.05, 0.1) is 12.2 Å². The van der Waals surface area contributed by atoms with Crippen LogP contribution in [-0.2, 0) is 16.0 Å². The van der Waals surface area contributed by atoms with Crippen molar-refractivity contribution in [2.75, 3.05) is 18.4 Å². The summed E-state index contributed by atoms with van der Waals surface area (Å²) < 4.78 is 0.812. The number of halogens is 1. The van der Waals surface area contributed by atoms with Gasteiger partial charge >= 0.3 is 0 Å². The average Bonchev–Trinajstić information content (AvgIpc) is 2.54. The lowest BCUT2D eigenvalue weighted by Crippen LogP contribution is -2.38. The molecular weight excluding hydrogens is 356 g/mol. The molecule has 4 nitrogen and oxygen atoms in total. The van der Waals surface area contributed by atoms with Crippen LogP contribution in [0.25, 0.3) is 0 Å². The van der Waals surface area contributed by atoms with Crippen molar-refractivity contribution in [3.05, 3.63) is 64.6 Å². The molecule has 0 radical (unpaired) electrons. The lowest BCUT2D eigenvalue weighted by Gasteiger charge is -2.20. The molecule has 5 heteroatoms. The summed E-state index contributed by atoms with van der Waals surface area (Å²) in [4.78, 5) is 25.5. The Labute approximate surface area is 144 Å². The highest BCUT2D eigenvalue weighted by Crippen LogP contribution is 2.21. The third kappa shape index (κ3) is 5.53. The normalized spacial score (nSPS) is 10.2. The first kappa shape index (κ1) is 17.2. The lowest BCUT2D eigenvalue weighted by molar-refractivity contribution is -0.132. The van der Waals surface area contributed by atoms with Gasteiger partial charge in [-0.2, -0.15) is 0 Å². The highest BCUT2D eigenvalue weighted by Gasteiger charge is 2.14. The molecule has 0 fully saturated rings. The van der Waals surface area contributed by atoms with Gasteiger partial charge in [0, 0.05) is 17.9 Å². The summed E-state index contributed by atoms with van der Waals surface area (Å²) >= 11 is 3.39. The van der Waals surface area contributed by atoms with E-state index >= 15 is 0 Å². The summed E-state index contributed by atoms with van der Waals surface area (Å²) in [5.74, 6) is -0.316. The van der Waals surface area contributed by atoms with Crippen molar-refractivity contribution in [1.82, 2.24) is 4.90 Å². The van der Waals surface area contributed by atoms with Crippen LogP contribution in [0.2, 0.25) is 0 Å².